The third-order valence-corrected chi connectivity index (χ3v) is 4.50. The number of hydrogen-bond donors (Lipinski definition) is 1. The Morgan fingerprint density at radius 2 is 2.18 bits per heavy atom. The van der Waals surface area contributed by atoms with Gasteiger partial charge >= 0.3 is 6.09 Å². The quantitative estimate of drug-likeness (QED) is 0.936. The first kappa shape index (κ1) is 14.9. The minimum absolute atomic E-state index is 0.150. The monoisotopic (exact) mass is 316 g/mol. The predicted molar refractivity (Wildman–Crippen MR) is 89.3 cm³/mol. The molecule has 1 aliphatic heterocycles. The number of carbonyl (C=O) groups is 1. The van der Waals surface area contributed by atoms with Crippen LogP contribution in [0.1, 0.15) is 18.4 Å². The Labute approximate surface area is 134 Å². The third kappa shape index (κ3) is 4.01. The van der Waals surface area contributed by atoms with Crippen LogP contribution in [0.15, 0.2) is 47.2 Å². The summed E-state index contributed by atoms with van der Waals surface area (Å²) < 4.78 is 5.29. The van der Waals surface area contributed by atoms with Gasteiger partial charge in [-0.25, -0.2) is 4.79 Å². The van der Waals surface area contributed by atoms with Crippen LogP contribution in [0.5, 0.6) is 0 Å². The van der Waals surface area contributed by atoms with Crippen molar-refractivity contribution in [2.45, 2.75) is 25.5 Å². The molecule has 0 saturated carbocycles. The average Bonchev–Trinajstić information content (AvgIpc) is 3.09. The number of piperidine rings is 1. The van der Waals surface area contributed by atoms with Gasteiger partial charge in [0.05, 0.1) is 0 Å². The maximum atomic E-state index is 11.9. The Morgan fingerprint density at radius 1 is 1.32 bits per heavy atom. The molecule has 1 aliphatic rings. The second kappa shape index (κ2) is 7.31. The molecule has 1 atom stereocenters. The molecule has 0 radical (unpaired) electrons. The van der Waals surface area contributed by atoms with Crippen molar-refractivity contribution in [1.82, 2.24) is 5.32 Å². The molecule has 1 amide bonds. The molecule has 3 rings (SSSR count). The largest absolute Gasteiger partial charge is 0.445 e. The van der Waals surface area contributed by atoms with Gasteiger partial charge < -0.3 is 15.0 Å². The van der Waals surface area contributed by atoms with Crippen molar-refractivity contribution in [3.8, 4) is 0 Å². The molecule has 116 valence electrons. The van der Waals surface area contributed by atoms with Gasteiger partial charge in [-0.05, 0) is 29.9 Å². The van der Waals surface area contributed by atoms with Gasteiger partial charge in [-0.3, -0.25) is 0 Å². The van der Waals surface area contributed by atoms with E-state index in [1.54, 1.807) is 11.3 Å². The first-order valence-corrected chi connectivity index (χ1v) is 8.50. The molecule has 4 nitrogen and oxygen atoms in total. The van der Waals surface area contributed by atoms with Gasteiger partial charge in [0.25, 0.3) is 0 Å². The number of hydrogen-bond acceptors (Lipinski definition) is 4. The Kier molecular flexibility index (Phi) is 4.96. The van der Waals surface area contributed by atoms with Crippen LogP contribution in [-0.4, -0.2) is 25.2 Å². The highest BCUT2D eigenvalue weighted by Crippen LogP contribution is 2.22. The van der Waals surface area contributed by atoms with Crippen molar-refractivity contribution in [2.24, 2.45) is 0 Å². The van der Waals surface area contributed by atoms with E-state index in [9.17, 15) is 4.79 Å². The van der Waals surface area contributed by atoms with Gasteiger partial charge in [0.15, 0.2) is 0 Å². The fourth-order valence-electron chi connectivity index (χ4n) is 2.70. The molecule has 1 unspecified atom stereocenters. The highest BCUT2D eigenvalue weighted by atomic mass is 32.1. The molecule has 5 heteroatoms. The molecular weight excluding hydrogens is 296 g/mol. The van der Waals surface area contributed by atoms with Crippen molar-refractivity contribution in [3.63, 3.8) is 0 Å². The van der Waals surface area contributed by atoms with Gasteiger partial charge in [0.2, 0.25) is 0 Å². The second-order valence-corrected chi connectivity index (χ2v) is 6.25. The number of nitrogens with one attached hydrogen (secondary N) is 1. The van der Waals surface area contributed by atoms with Crippen LogP contribution in [0, 0.1) is 0 Å². The molecular formula is C17H20N2O2S. The summed E-state index contributed by atoms with van der Waals surface area (Å²) in [4.78, 5) is 14.2. The van der Waals surface area contributed by atoms with Crippen molar-refractivity contribution in [1.29, 1.82) is 0 Å². The summed E-state index contributed by atoms with van der Waals surface area (Å²) in [6.07, 6.45) is 1.75. The zero-order valence-electron chi connectivity index (χ0n) is 12.4. The summed E-state index contributed by atoms with van der Waals surface area (Å²) in [6, 6.07) is 12.0. The van der Waals surface area contributed by atoms with Crippen LogP contribution >= 0.6 is 11.3 Å². The molecule has 2 aromatic rings. The van der Waals surface area contributed by atoms with Crippen molar-refractivity contribution in [3.05, 3.63) is 52.7 Å². The number of anilines is 1. The number of carbonyl (C=O) groups excluding carboxylic acids is 1. The van der Waals surface area contributed by atoms with E-state index >= 15 is 0 Å². The lowest BCUT2D eigenvalue weighted by Gasteiger charge is -2.33. The van der Waals surface area contributed by atoms with Gasteiger partial charge in [-0.1, -0.05) is 30.3 Å². The lowest BCUT2D eigenvalue weighted by atomic mass is 10.1. The van der Waals surface area contributed by atoms with E-state index < -0.39 is 0 Å². The fraction of sp³-hybridized carbons (Fsp3) is 0.353. The lowest BCUT2D eigenvalue weighted by Crippen LogP contribution is -2.47. The van der Waals surface area contributed by atoms with Gasteiger partial charge in [-0.2, -0.15) is 11.3 Å². The zero-order valence-corrected chi connectivity index (χ0v) is 13.2. The van der Waals surface area contributed by atoms with Crippen LogP contribution in [0.25, 0.3) is 0 Å². The van der Waals surface area contributed by atoms with Crippen molar-refractivity contribution in [2.75, 3.05) is 18.0 Å². The van der Waals surface area contributed by atoms with Gasteiger partial charge in [0, 0.05) is 30.2 Å². The summed E-state index contributed by atoms with van der Waals surface area (Å²) in [6.45, 7) is 2.21. The molecule has 2 heterocycles. The number of ether oxygens (including phenoxy) is 1. The van der Waals surface area contributed by atoms with Crippen molar-refractivity contribution < 1.29 is 9.53 Å². The van der Waals surface area contributed by atoms with Crippen LogP contribution in [0.4, 0.5) is 10.5 Å². The Bertz CT molecular complexity index is 586. The molecule has 1 saturated heterocycles. The summed E-state index contributed by atoms with van der Waals surface area (Å²) >= 11 is 1.70. The Balaban J connectivity index is 1.47. The Hall–Kier alpha value is -2.01. The van der Waals surface area contributed by atoms with Gasteiger partial charge in [-0.15, -0.1) is 0 Å². The van der Waals surface area contributed by atoms with Crippen LogP contribution < -0.4 is 10.2 Å². The van der Waals surface area contributed by atoms with E-state index in [0.717, 1.165) is 31.5 Å². The van der Waals surface area contributed by atoms with E-state index in [2.05, 4.69) is 27.0 Å². The van der Waals surface area contributed by atoms with E-state index in [1.165, 1.54) is 5.69 Å². The van der Waals surface area contributed by atoms with Crippen LogP contribution in [-0.2, 0) is 11.3 Å². The first-order chi connectivity index (χ1) is 10.8. The summed E-state index contributed by atoms with van der Waals surface area (Å²) in [7, 11) is 0. The maximum absolute atomic E-state index is 11.9. The van der Waals surface area contributed by atoms with Crippen LogP contribution in [0.3, 0.4) is 0 Å². The lowest BCUT2D eigenvalue weighted by molar-refractivity contribution is 0.134. The topological polar surface area (TPSA) is 41.6 Å². The third-order valence-electron chi connectivity index (χ3n) is 3.83. The summed E-state index contributed by atoms with van der Waals surface area (Å²) in [5.74, 6) is 0. The van der Waals surface area contributed by atoms with Gasteiger partial charge in [0.1, 0.15) is 6.61 Å². The molecule has 1 aromatic carbocycles. The predicted octanol–water partition coefficient (Wildman–Crippen LogP) is 3.64. The fourth-order valence-corrected chi connectivity index (χ4v) is 3.36. The summed E-state index contributed by atoms with van der Waals surface area (Å²) in [5.41, 5.74) is 2.25. The van der Waals surface area contributed by atoms with Crippen molar-refractivity contribution >= 4 is 23.1 Å². The van der Waals surface area contributed by atoms with E-state index in [0.29, 0.717) is 6.61 Å². The molecule has 22 heavy (non-hydrogen) atoms. The minimum atomic E-state index is -0.332. The molecule has 0 aliphatic carbocycles. The number of rotatable bonds is 4. The smallest absolute Gasteiger partial charge is 0.407 e. The van der Waals surface area contributed by atoms with E-state index in [4.69, 9.17) is 4.74 Å². The minimum Gasteiger partial charge on any atom is -0.445 e. The molecule has 1 fully saturated rings. The van der Waals surface area contributed by atoms with Crippen LogP contribution in [0.2, 0.25) is 0 Å². The van der Waals surface area contributed by atoms with E-state index in [1.807, 2.05) is 30.3 Å². The zero-order chi connectivity index (χ0) is 15.2. The van der Waals surface area contributed by atoms with E-state index in [-0.39, 0.29) is 12.1 Å². The first-order valence-electron chi connectivity index (χ1n) is 7.55. The standard InChI is InChI=1S/C17H20N2O2S/c20-17(21-12-14-5-2-1-3-6-14)18-15-7-4-9-19(11-15)16-8-10-22-13-16/h1-3,5-6,8,10,13,15H,4,7,9,11-12H2,(H,18,20). The highest BCUT2D eigenvalue weighted by Gasteiger charge is 2.22. The molecule has 1 N–H and O–H groups in total. The molecule has 1 aromatic heterocycles. The summed E-state index contributed by atoms with van der Waals surface area (Å²) in [5, 5.41) is 7.21. The molecule has 0 spiro atoms. The highest BCUT2D eigenvalue weighted by molar-refractivity contribution is 7.08. The number of benzene rings is 1. The second-order valence-electron chi connectivity index (χ2n) is 5.47. The molecule has 0 bridgehead atoms. The number of nitrogens with zero attached hydrogens (tertiary/aromatic N) is 1. The number of thiophene rings is 1. The Morgan fingerprint density at radius 3 is 2.95 bits per heavy atom. The number of alkyl carbamates (subject to hydrolysis) is 1. The normalized spacial score (nSPS) is 18.0. The number of amides is 1. The SMILES string of the molecule is O=C(NC1CCCN(c2ccsc2)C1)OCc1ccccc1. The maximum Gasteiger partial charge on any atom is 0.407 e. The average molecular weight is 316 g/mol.